The SMILES string of the molecule is CCC(Sc1nc2c(cc1C#N)CCC2)C(=O)Nc1ccc(C)c(Cl)c1. The van der Waals surface area contributed by atoms with E-state index in [0.29, 0.717) is 27.7 Å². The summed E-state index contributed by atoms with van der Waals surface area (Å²) in [7, 11) is 0. The number of hydrogen-bond donors (Lipinski definition) is 1. The van der Waals surface area contributed by atoms with Crippen molar-refractivity contribution in [3.05, 3.63) is 51.7 Å². The van der Waals surface area contributed by atoms with Gasteiger partial charge in [0.25, 0.3) is 0 Å². The summed E-state index contributed by atoms with van der Waals surface area (Å²) in [6.45, 7) is 3.88. The molecule has 1 aromatic heterocycles. The first-order chi connectivity index (χ1) is 12.5. The number of anilines is 1. The average molecular weight is 386 g/mol. The minimum absolute atomic E-state index is 0.108. The van der Waals surface area contributed by atoms with Crippen LogP contribution in [0.25, 0.3) is 0 Å². The van der Waals surface area contributed by atoms with Crippen LogP contribution in [-0.4, -0.2) is 16.1 Å². The van der Waals surface area contributed by atoms with E-state index >= 15 is 0 Å². The number of thioether (sulfide) groups is 1. The molecule has 1 amide bonds. The monoisotopic (exact) mass is 385 g/mol. The number of nitrogens with one attached hydrogen (secondary N) is 1. The van der Waals surface area contributed by atoms with E-state index in [1.807, 2.05) is 32.0 Å². The highest BCUT2D eigenvalue weighted by molar-refractivity contribution is 8.00. The van der Waals surface area contributed by atoms with Crippen LogP contribution in [-0.2, 0) is 17.6 Å². The number of amides is 1. The number of rotatable bonds is 5. The van der Waals surface area contributed by atoms with Gasteiger partial charge in [0.05, 0.1) is 10.8 Å². The quantitative estimate of drug-likeness (QED) is 0.742. The van der Waals surface area contributed by atoms with Gasteiger partial charge in [0.15, 0.2) is 0 Å². The zero-order valence-electron chi connectivity index (χ0n) is 14.8. The number of nitriles is 1. The highest BCUT2D eigenvalue weighted by Crippen LogP contribution is 2.32. The highest BCUT2D eigenvalue weighted by Gasteiger charge is 2.23. The van der Waals surface area contributed by atoms with Crippen LogP contribution in [0, 0.1) is 18.3 Å². The Balaban J connectivity index is 1.78. The zero-order valence-corrected chi connectivity index (χ0v) is 16.4. The first-order valence-corrected chi connectivity index (χ1v) is 9.94. The van der Waals surface area contributed by atoms with Gasteiger partial charge in [0, 0.05) is 16.4 Å². The second-order valence-electron chi connectivity index (χ2n) is 6.38. The smallest absolute Gasteiger partial charge is 0.237 e. The molecule has 1 aliphatic carbocycles. The first-order valence-electron chi connectivity index (χ1n) is 8.68. The van der Waals surface area contributed by atoms with E-state index in [1.165, 1.54) is 11.8 Å². The molecule has 1 aromatic carbocycles. The molecule has 1 aliphatic rings. The van der Waals surface area contributed by atoms with Gasteiger partial charge in [-0.2, -0.15) is 5.26 Å². The molecule has 1 unspecified atom stereocenters. The van der Waals surface area contributed by atoms with Crippen LogP contribution in [0.5, 0.6) is 0 Å². The molecule has 1 atom stereocenters. The third kappa shape index (κ3) is 4.03. The van der Waals surface area contributed by atoms with Crippen LogP contribution in [0.15, 0.2) is 29.3 Å². The minimum Gasteiger partial charge on any atom is -0.325 e. The number of carbonyl (C=O) groups is 1. The number of fused-ring (bicyclic) bond motifs is 1. The van der Waals surface area contributed by atoms with Crippen molar-refractivity contribution in [2.45, 2.75) is 49.8 Å². The maximum atomic E-state index is 12.7. The maximum Gasteiger partial charge on any atom is 0.237 e. The molecule has 0 saturated carbocycles. The van der Waals surface area contributed by atoms with Gasteiger partial charge in [-0.3, -0.25) is 4.79 Å². The lowest BCUT2D eigenvalue weighted by atomic mass is 10.2. The molecule has 26 heavy (non-hydrogen) atoms. The number of hydrogen-bond acceptors (Lipinski definition) is 4. The number of carbonyl (C=O) groups excluding carboxylic acids is 1. The Hall–Kier alpha value is -2.03. The van der Waals surface area contributed by atoms with Crippen molar-refractivity contribution in [1.82, 2.24) is 4.98 Å². The van der Waals surface area contributed by atoms with Crippen molar-refractivity contribution in [2.75, 3.05) is 5.32 Å². The third-order valence-corrected chi connectivity index (χ3v) is 6.27. The molecule has 0 fully saturated rings. The summed E-state index contributed by atoms with van der Waals surface area (Å²) in [5.41, 5.74) is 4.42. The van der Waals surface area contributed by atoms with Gasteiger partial charge in [0.1, 0.15) is 11.1 Å². The van der Waals surface area contributed by atoms with Crippen molar-refractivity contribution in [3.63, 3.8) is 0 Å². The number of aryl methyl sites for hydroxylation is 3. The normalized spacial score (nSPS) is 13.8. The standard InChI is InChI=1S/C20H20ClN3OS/c1-3-18(19(25)23-15-8-7-12(2)16(21)10-15)26-20-14(11-22)9-13-5-4-6-17(13)24-20/h7-10,18H,3-6H2,1-2H3,(H,23,25). The van der Waals surface area contributed by atoms with Gasteiger partial charge in [-0.05, 0) is 61.9 Å². The molecule has 0 aliphatic heterocycles. The van der Waals surface area contributed by atoms with E-state index < -0.39 is 0 Å². The second kappa shape index (κ2) is 8.11. The molecule has 1 heterocycles. The molecule has 1 N–H and O–H groups in total. The summed E-state index contributed by atoms with van der Waals surface area (Å²) in [6.07, 6.45) is 3.64. The molecule has 0 radical (unpaired) electrons. The molecule has 0 bridgehead atoms. The Bertz CT molecular complexity index is 891. The molecular formula is C20H20ClN3OS. The van der Waals surface area contributed by atoms with Gasteiger partial charge in [0.2, 0.25) is 5.91 Å². The van der Waals surface area contributed by atoms with Crippen molar-refractivity contribution in [1.29, 1.82) is 5.26 Å². The Kier molecular flexibility index (Phi) is 5.85. The van der Waals surface area contributed by atoms with Crippen LogP contribution >= 0.6 is 23.4 Å². The summed E-state index contributed by atoms with van der Waals surface area (Å²) in [5.74, 6) is -0.108. The summed E-state index contributed by atoms with van der Waals surface area (Å²) < 4.78 is 0. The summed E-state index contributed by atoms with van der Waals surface area (Å²) in [4.78, 5) is 17.4. The summed E-state index contributed by atoms with van der Waals surface area (Å²) >= 11 is 7.49. The predicted molar refractivity (Wildman–Crippen MR) is 106 cm³/mol. The summed E-state index contributed by atoms with van der Waals surface area (Å²) in [5, 5.41) is 13.3. The van der Waals surface area contributed by atoms with E-state index in [0.717, 1.165) is 36.1 Å². The van der Waals surface area contributed by atoms with E-state index in [2.05, 4.69) is 16.4 Å². The predicted octanol–water partition coefficient (Wildman–Crippen LogP) is 4.91. The number of benzene rings is 1. The fourth-order valence-electron chi connectivity index (χ4n) is 2.97. The molecule has 0 saturated heterocycles. The lowest BCUT2D eigenvalue weighted by molar-refractivity contribution is -0.115. The van der Waals surface area contributed by atoms with Crippen LogP contribution < -0.4 is 5.32 Å². The lowest BCUT2D eigenvalue weighted by Gasteiger charge is -2.16. The number of nitrogens with zero attached hydrogens (tertiary/aromatic N) is 2. The van der Waals surface area contributed by atoms with Gasteiger partial charge in [-0.15, -0.1) is 0 Å². The van der Waals surface area contributed by atoms with Gasteiger partial charge < -0.3 is 5.32 Å². The van der Waals surface area contributed by atoms with Crippen LogP contribution in [0.4, 0.5) is 5.69 Å². The molecule has 6 heteroatoms. The van der Waals surface area contributed by atoms with Crippen molar-refractivity contribution >= 4 is 35.0 Å². The average Bonchev–Trinajstić information content (AvgIpc) is 3.09. The van der Waals surface area contributed by atoms with Crippen molar-refractivity contribution in [3.8, 4) is 6.07 Å². The van der Waals surface area contributed by atoms with E-state index in [1.54, 1.807) is 6.07 Å². The first kappa shape index (κ1) is 18.8. The van der Waals surface area contributed by atoms with Gasteiger partial charge in [-0.25, -0.2) is 4.98 Å². The number of halogens is 1. The van der Waals surface area contributed by atoms with E-state index in [4.69, 9.17) is 11.6 Å². The fourth-order valence-corrected chi connectivity index (χ4v) is 4.15. The Labute approximate surface area is 163 Å². The van der Waals surface area contributed by atoms with E-state index in [9.17, 15) is 10.1 Å². The van der Waals surface area contributed by atoms with Crippen molar-refractivity contribution in [2.24, 2.45) is 0 Å². The minimum atomic E-state index is -0.325. The third-order valence-electron chi connectivity index (χ3n) is 4.49. The zero-order chi connectivity index (χ0) is 18.7. The largest absolute Gasteiger partial charge is 0.325 e. The highest BCUT2D eigenvalue weighted by atomic mass is 35.5. The molecular weight excluding hydrogens is 366 g/mol. The molecule has 134 valence electrons. The fraction of sp³-hybridized carbons (Fsp3) is 0.350. The summed E-state index contributed by atoms with van der Waals surface area (Å²) in [6, 6.07) is 9.62. The van der Waals surface area contributed by atoms with Crippen molar-refractivity contribution < 1.29 is 4.79 Å². The lowest BCUT2D eigenvalue weighted by Crippen LogP contribution is -2.25. The Morgan fingerprint density at radius 2 is 2.23 bits per heavy atom. The molecule has 2 aromatic rings. The van der Waals surface area contributed by atoms with Gasteiger partial charge in [-0.1, -0.05) is 36.4 Å². The molecule has 4 nitrogen and oxygen atoms in total. The molecule has 3 rings (SSSR count). The second-order valence-corrected chi connectivity index (χ2v) is 7.98. The van der Waals surface area contributed by atoms with Crippen LogP contribution in [0.1, 0.15) is 42.1 Å². The Morgan fingerprint density at radius 1 is 1.42 bits per heavy atom. The molecule has 0 spiro atoms. The van der Waals surface area contributed by atoms with Crippen LogP contribution in [0.3, 0.4) is 0 Å². The Morgan fingerprint density at radius 3 is 2.92 bits per heavy atom. The number of pyridine rings is 1. The van der Waals surface area contributed by atoms with E-state index in [-0.39, 0.29) is 11.2 Å². The number of aromatic nitrogens is 1. The van der Waals surface area contributed by atoms with Gasteiger partial charge >= 0.3 is 0 Å². The topological polar surface area (TPSA) is 65.8 Å². The maximum absolute atomic E-state index is 12.7. The van der Waals surface area contributed by atoms with Crippen LogP contribution in [0.2, 0.25) is 5.02 Å².